The fourth-order valence-corrected chi connectivity index (χ4v) is 6.96. The second-order valence-electron chi connectivity index (χ2n) is 11.0. The third-order valence-electron chi connectivity index (χ3n) is 8.81. The van der Waals surface area contributed by atoms with E-state index in [1.807, 2.05) is 13.8 Å². The smallest absolute Gasteiger partial charge is 0.250 e. The Morgan fingerprint density at radius 3 is 2.20 bits per heavy atom. The Morgan fingerprint density at radius 2 is 1.61 bits per heavy atom. The Bertz CT molecular complexity index is 1270. The molecule has 2 aromatic carbocycles. The molecule has 0 aromatic heterocycles. The molecule has 0 aliphatic carbocycles. The van der Waals surface area contributed by atoms with Crippen LogP contribution in [0.4, 0.5) is 11.4 Å². The van der Waals surface area contributed by atoms with Gasteiger partial charge in [0.1, 0.15) is 23.1 Å². The standard InChI is InChI=1S/C31H39N3O7/c1-4-30-16-17-31(41-30)25(24(30)27(36)32-20-10-14-23(15-11-20)40-5-2)29(38)34(18-6-7-19-35)26(31)28(37)33-21-8-12-22(39-3)13-9-21/h8-15,24-26,35H,4-7,16-19H2,1-3H3,(H,32,36)(H,33,37)/t24-,25-,26?,30+,31?/m0/s1. The number of ether oxygens (including phenoxy) is 3. The maximum atomic E-state index is 14.1. The van der Waals surface area contributed by atoms with Crippen molar-refractivity contribution in [3.05, 3.63) is 48.5 Å². The second-order valence-corrected chi connectivity index (χ2v) is 11.0. The highest BCUT2D eigenvalue weighted by Crippen LogP contribution is 2.64. The lowest BCUT2D eigenvalue weighted by Crippen LogP contribution is -2.53. The molecule has 5 rings (SSSR count). The van der Waals surface area contributed by atoms with Gasteiger partial charge in [0.05, 0.1) is 31.2 Å². The first-order valence-corrected chi connectivity index (χ1v) is 14.4. The van der Waals surface area contributed by atoms with Gasteiger partial charge in [0.15, 0.2) is 0 Å². The van der Waals surface area contributed by atoms with Gasteiger partial charge in [0, 0.05) is 24.5 Å². The summed E-state index contributed by atoms with van der Waals surface area (Å²) in [5.41, 5.74) is -0.795. The number of methoxy groups -OCH3 is 1. The average molecular weight is 566 g/mol. The van der Waals surface area contributed by atoms with Gasteiger partial charge in [-0.15, -0.1) is 0 Å². The summed E-state index contributed by atoms with van der Waals surface area (Å²) in [7, 11) is 1.57. The van der Waals surface area contributed by atoms with E-state index in [-0.39, 0.29) is 30.9 Å². The van der Waals surface area contributed by atoms with Crippen LogP contribution in [-0.4, -0.2) is 71.8 Å². The number of nitrogens with zero attached hydrogens (tertiary/aromatic N) is 1. The minimum absolute atomic E-state index is 0.0120. The van der Waals surface area contributed by atoms with Crippen LogP contribution in [0, 0.1) is 11.8 Å². The Balaban J connectivity index is 1.46. The molecule has 3 aliphatic heterocycles. The van der Waals surface area contributed by atoms with Crippen LogP contribution in [0.2, 0.25) is 0 Å². The summed E-state index contributed by atoms with van der Waals surface area (Å²) in [4.78, 5) is 43.6. The fraction of sp³-hybridized carbons (Fsp3) is 0.516. The molecule has 3 N–H and O–H groups in total. The maximum Gasteiger partial charge on any atom is 0.250 e. The number of benzene rings is 2. The largest absolute Gasteiger partial charge is 0.497 e. The lowest BCUT2D eigenvalue weighted by molar-refractivity contribution is -0.144. The minimum Gasteiger partial charge on any atom is -0.497 e. The van der Waals surface area contributed by atoms with Crippen LogP contribution < -0.4 is 20.1 Å². The topological polar surface area (TPSA) is 126 Å². The van der Waals surface area contributed by atoms with Crippen molar-refractivity contribution < 1.29 is 33.7 Å². The van der Waals surface area contributed by atoms with Crippen LogP contribution in [-0.2, 0) is 19.1 Å². The fourth-order valence-electron chi connectivity index (χ4n) is 6.96. The summed E-state index contributed by atoms with van der Waals surface area (Å²) < 4.78 is 17.5. The van der Waals surface area contributed by atoms with Crippen LogP contribution in [0.1, 0.15) is 46.0 Å². The predicted molar refractivity (Wildman–Crippen MR) is 153 cm³/mol. The van der Waals surface area contributed by atoms with E-state index in [0.29, 0.717) is 61.6 Å². The van der Waals surface area contributed by atoms with E-state index < -0.39 is 29.1 Å². The van der Waals surface area contributed by atoms with E-state index in [9.17, 15) is 19.5 Å². The van der Waals surface area contributed by atoms with Gasteiger partial charge >= 0.3 is 0 Å². The number of carbonyl (C=O) groups excluding carboxylic acids is 3. The van der Waals surface area contributed by atoms with E-state index in [4.69, 9.17) is 14.2 Å². The Kier molecular flexibility index (Phi) is 8.24. The molecule has 3 amide bonds. The second kappa shape index (κ2) is 11.7. The van der Waals surface area contributed by atoms with Gasteiger partial charge in [-0.3, -0.25) is 14.4 Å². The lowest BCUT2D eigenvalue weighted by Gasteiger charge is -2.34. The van der Waals surface area contributed by atoms with Crippen molar-refractivity contribution in [1.29, 1.82) is 0 Å². The summed E-state index contributed by atoms with van der Waals surface area (Å²) in [6, 6.07) is 13.2. The Hall–Kier alpha value is -3.63. The minimum atomic E-state index is -1.12. The van der Waals surface area contributed by atoms with E-state index in [1.54, 1.807) is 60.5 Å². The molecule has 3 heterocycles. The molecule has 3 fully saturated rings. The zero-order chi connectivity index (χ0) is 29.2. The summed E-state index contributed by atoms with van der Waals surface area (Å²) in [5, 5.41) is 15.3. The number of hydrogen-bond donors (Lipinski definition) is 3. The molecule has 220 valence electrons. The van der Waals surface area contributed by atoms with Gasteiger partial charge in [0.2, 0.25) is 17.7 Å². The highest BCUT2D eigenvalue weighted by Gasteiger charge is 2.78. The zero-order valence-corrected chi connectivity index (χ0v) is 23.9. The number of nitrogens with one attached hydrogen (secondary N) is 2. The Morgan fingerprint density at radius 1 is 0.976 bits per heavy atom. The third-order valence-corrected chi connectivity index (χ3v) is 8.81. The van der Waals surface area contributed by atoms with E-state index in [1.165, 1.54) is 0 Å². The summed E-state index contributed by atoms with van der Waals surface area (Å²) in [5.74, 6) is -1.07. The Labute approximate surface area is 240 Å². The summed E-state index contributed by atoms with van der Waals surface area (Å²) in [6.07, 6.45) is 2.64. The molecule has 2 bridgehead atoms. The van der Waals surface area contributed by atoms with Crippen LogP contribution >= 0.6 is 0 Å². The van der Waals surface area contributed by atoms with E-state index in [0.717, 1.165) is 0 Å². The highest BCUT2D eigenvalue weighted by molar-refractivity contribution is 6.05. The SMILES string of the molecule is CCOc1ccc(NC(=O)[C@@H]2[C@H]3C(=O)N(CCCCO)C(C(=O)Nc4ccc(OC)cc4)C34CC[C@@]2(CC)O4)cc1. The number of hydrogen-bond acceptors (Lipinski definition) is 7. The number of unbranched alkanes of at least 4 members (excludes halogenated alkanes) is 1. The number of anilines is 2. The molecule has 5 atom stereocenters. The number of carbonyl (C=O) groups is 3. The van der Waals surface area contributed by atoms with Crippen LogP contribution in [0.5, 0.6) is 11.5 Å². The number of amides is 3. The molecule has 2 aromatic rings. The van der Waals surface area contributed by atoms with Gasteiger partial charge in [0.25, 0.3) is 0 Å². The van der Waals surface area contributed by atoms with E-state index >= 15 is 0 Å². The number of rotatable bonds is 12. The van der Waals surface area contributed by atoms with Crippen LogP contribution in [0.3, 0.4) is 0 Å². The van der Waals surface area contributed by atoms with Crippen molar-refractivity contribution in [2.45, 2.75) is 63.2 Å². The quantitative estimate of drug-likeness (QED) is 0.336. The number of aliphatic hydroxyl groups is 1. The van der Waals surface area contributed by atoms with Crippen molar-refractivity contribution in [3.63, 3.8) is 0 Å². The molecule has 1 spiro atoms. The van der Waals surface area contributed by atoms with Crippen molar-refractivity contribution in [1.82, 2.24) is 4.90 Å². The van der Waals surface area contributed by atoms with Crippen molar-refractivity contribution in [3.8, 4) is 11.5 Å². The van der Waals surface area contributed by atoms with Gasteiger partial charge in [-0.1, -0.05) is 6.92 Å². The summed E-state index contributed by atoms with van der Waals surface area (Å²) >= 11 is 0. The molecule has 0 saturated carbocycles. The first kappa shape index (κ1) is 28.9. The number of fused-ring (bicyclic) bond motifs is 1. The molecule has 41 heavy (non-hydrogen) atoms. The highest BCUT2D eigenvalue weighted by atomic mass is 16.5. The van der Waals surface area contributed by atoms with Crippen molar-refractivity contribution in [2.24, 2.45) is 11.8 Å². The summed E-state index contributed by atoms with van der Waals surface area (Å²) in [6.45, 7) is 4.68. The van der Waals surface area contributed by atoms with Crippen LogP contribution in [0.15, 0.2) is 48.5 Å². The molecule has 2 unspecified atom stereocenters. The van der Waals surface area contributed by atoms with E-state index in [2.05, 4.69) is 10.6 Å². The van der Waals surface area contributed by atoms with Crippen molar-refractivity contribution >= 4 is 29.1 Å². The molecule has 3 saturated heterocycles. The number of aliphatic hydroxyl groups excluding tert-OH is 1. The first-order chi connectivity index (χ1) is 19.8. The average Bonchev–Trinajstić information content (AvgIpc) is 3.58. The molecule has 10 heteroatoms. The lowest BCUT2D eigenvalue weighted by atomic mass is 9.65. The normalized spacial score (nSPS) is 28.0. The third kappa shape index (κ3) is 5.04. The molecular weight excluding hydrogens is 526 g/mol. The first-order valence-electron chi connectivity index (χ1n) is 14.4. The molecule has 3 aliphatic rings. The number of likely N-dealkylation sites (tertiary alicyclic amines) is 1. The van der Waals surface area contributed by atoms with Gasteiger partial charge in [-0.2, -0.15) is 0 Å². The predicted octanol–water partition coefficient (Wildman–Crippen LogP) is 3.60. The molecule has 10 nitrogen and oxygen atoms in total. The molecule has 0 radical (unpaired) electrons. The van der Waals surface area contributed by atoms with Gasteiger partial charge < -0.3 is 34.9 Å². The van der Waals surface area contributed by atoms with Crippen molar-refractivity contribution in [2.75, 3.05) is 37.5 Å². The maximum absolute atomic E-state index is 14.1. The monoisotopic (exact) mass is 565 g/mol. The van der Waals surface area contributed by atoms with Gasteiger partial charge in [-0.25, -0.2) is 0 Å². The van der Waals surface area contributed by atoms with Gasteiger partial charge in [-0.05, 0) is 87.6 Å². The molecular formula is C31H39N3O7. The van der Waals surface area contributed by atoms with Crippen LogP contribution in [0.25, 0.3) is 0 Å². The zero-order valence-electron chi connectivity index (χ0n) is 23.9.